The van der Waals surface area contributed by atoms with E-state index in [1.807, 2.05) is 6.07 Å². The van der Waals surface area contributed by atoms with Crippen LogP contribution in [0.1, 0.15) is 64.4 Å². The first kappa shape index (κ1) is 27.6. The van der Waals surface area contributed by atoms with Gasteiger partial charge in [-0.2, -0.15) is 0 Å². The van der Waals surface area contributed by atoms with E-state index in [2.05, 4.69) is 105 Å². The quantitative estimate of drug-likeness (QED) is 0.186. The SMILES string of the molecule is CCC1=C(c2nc3c(-c4ccoc4)cccc3[nH]2)c2cc(-c3cc(CC)cc(NC(=O)CC(C)(C)C)c3)ccc2NC1. The molecule has 0 atom stereocenters. The van der Waals surface area contributed by atoms with Crippen molar-refractivity contribution in [2.24, 2.45) is 5.41 Å². The Hall–Kier alpha value is -4.58. The number of imidazole rings is 1. The van der Waals surface area contributed by atoms with Crippen molar-refractivity contribution in [1.29, 1.82) is 0 Å². The number of hydrogen-bond donors (Lipinski definition) is 3. The number of fused-ring (bicyclic) bond motifs is 2. The van der Waals surface area contributed by atoms with Gasteiger partial charge >= 0.3 is 0 Å². The number of aromatic amines is 1. The zero-order valence-electron chi connectivity index (χ0n) is 25.0. The highest BCUT2D eigenvalue weighted by Crippen LogP contribution is 2.40. The number of amides is 1. The molecule has 2 aromatic heterocycles. The zero-order valence-corrected chi connectivity index (χ0v) is 25.0. The maximum atomic E-state index is 12.8. The summed E-state index contributed by atoms with van der Waals surface area (Å²) in [5, 5.41) is 6.77. The van der Waals surface area contributed by atoms with Gasteiger partial charge in [0.25, 0.3) is 0 Å². The van der Waals surface area contributed by atoms with Gasteiger partial charge in [0.1, 0.15) is 5.82 Å². The van der Waals surface area contributed by atoms with Gasteiger partial charge in [-0.05, 0) is 76.9 Å². The van der Waals surface area contributed by atoms with Gasteiger partial charge in [0.2, 0.25) is 5.91 Å². The fourth-order valence-corrected chi connectivity index (χ4v) is 5.79. The number of carbonyl (C=O) groups is 1. The second-order valence-electron chi connectivity index (χ2n) is 12.3. The molecule has 3 heterocycles. The van der Waals surface area contributed by atoms with Gasteiger partial charge in [0, 0.05) is 46.6 Å². The fraction of sp³-hybridized carbons (Fsp3) is 0.278. The second-order valence-corrected chi connectivity index (χ2v) is 12.3. The fourth-order valence-electron chi connectivity index (χ4n) is 5.79. The molecule has 6 nitrogen and oxygen atoms in total. The van der Waals surface area contributed by atoms with Crippen LogP contribution in [0.25, 0.3) is 38.9 Å². The lowest BCUT2D eigenvalue weighted by Gasteiger charge is -2.24. The van der Waals surface area contributed by atoms with Crippen molar-refractivity contribution >= 4 is 33.9 Å². The summed E-state index contributed by atoms with van der Waals surface area (Å²) in [4.78, 5) is 21.6. The molecule has 5 aromatic rings. The molecule has 1 aliphatic heterocycles. The molecule has 0 aliphatic carbocycles. The molecule has 0 unspecified atom stereocenters. The summed E-state index contributed by atoms with van der Waals surface area (Å²) < 4.78 is 5.37. The Labute approximate surface area is 247 Å². The largest absolute Gasteiger partial charge is 0.472 e. The molecular formula is C36H38N4O2. The van der Waals surface area contributed by atoms with E-state index >= 15 is 0 Å². The van der Waals surface area contributed by atoms with E-state index in [1.54, 1.807) is 12.5 Å². The molecule has 0 radical (unpaired) electrons. The molecule has 0 spiro atoms. The van der Waals surface area contributed by atoms with Crippen molar-refractivity contribution in [3.05, 3.63) is 95.7 Å². The smallest absolute Gasteiger partial charge is 0.224 e. The number of furan rings is 1. The number of aryl methyl sites for hydroxylation is 1. The average Bonchev–Trinajstić information content (AvgIpc) is 3.65. The highest BCUT2D eigenvalue weighted by atomic mass is 16.3. The van der Waals surface area contributed by atoms with Crippen LogP contribution in [0.5, 0.6) is 0 Å². The third-order valence-corrected chi connectivity index (χ3v) is 7.85. The van der Waals surface area contributed by atoms with E-state index in [1.165, 1.54) is 11.1 Å². The number of hydrogen-bond acceptors (Lipinski definition) is 4. The van der Waals surface area contributed by atoms with Gasteiger partial charge in [-0.1, -0.05) is 58.9 Å². The van der Waals surface area contributed by atoms with Gasteiger partial charge in [-0.25, -0.2) is 4.98 Å². The normalized spacial score (nSPS) is 13.3. The highest BCUT2D eigenvalue weighted by molar-refractivity contribution is 5.97. The summed E-state index contributed by atoms with van der Waals surface area (Å²) in [6.45, 7) is 11.4. The van der Waals surface area contributed by atoms with Gasteiger partial charge < -0.3 is 20.0 Å². The van der Waals surface area contributed by atoms with Crippen molar-refractivity contribution in [3.63, 3.8) is 0 Å². The first-order valence-corrected chi connectivity index (χ1v) is 14.8. The van der Waals surface area contributed by atoms with Crippen LogP contribution in [0.4, 0.5) is 11.4 Å². The summed E-state index contributed by atoms with van der Waals surface area (Å²) in [5.74, 6) is 0.906. The molecule has 42 heavy (non-hydrogen) atoms. The highest BCUT2D eigenvalue weighted by Gasteiger charge is 2.24. The van der Waals surface area contributed by atoms with Crippen LogP contribution in [0, 0.1) is 5.41 Å². The molecule has 214 valence electrons. The Bertz CT molecular complexity index is 1800. The van der Waals surface area contributed by atoms with Crippen molar-refractivity contribution in [3.8, 4) is 22.3 Å². The van der Waals surface area contributed by atoms with Gasteiger partial charge in [-0.15, -0.1) is 0 Å². The minimum Gasteiger partial charge on any atom is -0.472 e. The maximum absolute atomic E-state index is 12.8. The maximum Gasteiger partial charge on any atom is 0.224 e. The molecule has 3 aromatic carbocycles. The number of carbonyl (C=O) groups excluding carboxylic acids is 1. The lowest BCUT2D eigenvalue weighted by Crippen LogP contribution is -2.19. The number of benzene rings is 3. The van der Waals surface area contributed by atoms with E-state index in [9.17, 15) is 4.79 Å². The van der Waals surface area contributed by atoms with E-state index in [0.717, 1.165) is 81.0 Å². The lowest BCUT2D eigenvalue weighted by atomic mass is 9.89. The Balaban J connectivity index is 1.43. The van der Waals surface area contributed by atoms with Crippen LogP contribution in [0.3, 0.4) is 0 Å². The van der Waals surface area contributed by atoms with Gasteiger partial charge in [0.15, 0.2) is 0 Å². The van der Waals surface area contributed by atoms with Crippen molar-refractivity contribution < 1.29 is 9.21 Å². The molecule has 1 amide bonds. The summed E-state index contributed by atoms with van der Waals surface area (Å²) in [5.41, 5.74) is 12.8. The van der Waals surface area contributed by atoms with Crippen molar-refractivity contribution in [2.45, 2.75) is 53.9 Å². The monoisotopic (exact) mass is 558 g/mol. The third kappa shape index (κ3) is 5.49. The molecular weight excluding hydrogens is 520 g/mol. The summed E-state index contributed by atoms with van der Waals surface area (Å²) in [6.07, 6.45) is 5.71. The van der Waals surface area contributed by atoms with Gasteiger partial charge in [0.05, 0.1) is 23.6 Å². The standard InChI is InChI=1S/C36H38N4O2/c1-6-22-15-26(17-27(16-22)38-32(41)19-36(3,4)5)24-11-12-30-29(18-24)33(23(7-2)20-37-30)35-39-31-10-8-9-28(34(31)40-35)25-13-14-42-21-25/h8-18,21,37H,6-7,19-20H2,1-5H3,(H,38,41)(H,39,40). The molecule has 6 rings (SSSR count). The molecule has 0 saturated heterocycles. The van der Waals surface area contributed by atoms with E-state index in [0.29, 0.717) is 6.42 Å². The minimum absolute atomic E-state index is 0.0360. The number of H-pyrrole nitrogens is 1. The Kier molecular flexibility index (Phi) is 7.23. The number of aromatic nitrogens is 2. The first-order chi connectivity index (χ1) is 20.2. The number of nitrogens with zero attached hydrogens (tertiary/aromatic N) is 1. The zero-order chi connectivity index (χ0) is 29.4. The molecule has 3 N–H and O–H groups in total. The van der Waals surface area contributed by atoms with Crippen molar-refractivity contribution in [2.75, 3.05) is 17.2 Å². The predicted octanol–water partition coefficient (Wildman–Crippen LogP) is 9.06. The topological polar surface area (TPSA) is 83.0 Å². The number of rotatable bonds is 7. The molecule has 1 aliphatic rings. The Morgan fingerprint density at radius 2 is 1.81 bits per heavy atom. The van der Waals surface area contributed by atoms with Crippen molar-refractivity contribution in [1.82, 2.24) is 9.97 Å². The number of para-hydroxylation sites is 1. The van der Waals surface area contributed by atoms with E-state index in [-0.39, 0.29) is 11.3 Å². The van der Waals surface area contributed by atoms with Gasteiger partial charge in [-0.3, -0.25) is 4.79 Å². The number of nitrogens with one attached hydrogen (secondary N) is 3. The minimum atomic E-state index is -0.0730. The van der Waals surface area contributed by atoms with Crippen LogP contribution in [-0.2, 0) is 11.2 Å². The molecule has 0 bridgehead atoms. The Morgan fingerprint density at radius 3 is 2.55 bits per heavy atom. The third-order valence-electron chi connectivity index (χ3n) is 7.85. The summed E-state index contributed by atoms with van der Waals surface area (Å²) >= 11 is 0. The second kappa shape index (κ2) is 11.0. The van der Waals surface area contributed by atoms with E-state index < -0.39 is 0 Å². The predicted molar refractivity (Wildman–Crippen MR) is 173 cm³/mol. The molecule has 0 fully saturated rings. The van der Waals surface area contributed by atoms with Crippen LogP contribution < -0.4 is 10.6 Å². The Morgan fingerprint density at radius 1 is 0.952 bits per heavy atom. The summed E-state index contributed by atoms with van der Waals surface area (Å²) in [7, 11) is 0. The van der Waals surface area contributed by atoms with Crippen LogP contribution in [0.2, 0.25) is 0 Å². The van der Waals surface area contributed by atoms with Crippen LogP contribution in [-0.4, -0.2) is 22.4 Å². The first-order valence-electron chi connectivity index (χ1n) is 14.8. The number of anilines is 2. The van der Waals surface area contributed by atoms with E-state index in [4.69, 9.17) is 9.40 Å². The van der Waals surface area contributed by atoms with Crippen LogP contribution in [0.15, 0.2) is 83.2 Å². The molecule has 6 heteroatoms. The van der Waals surface area contributed by atoms with Crippen LogP contribution >= 0.6 is 0 Å². The average molecular weight is 559 g/mol. The summed E-state index contributed by atoms with van der Waals surface area (Å²) in [6, 6.07) is 21.1. The lowest BCUT2D eigenvalue weighted by molar-refractivity contribution is -0.117. The molecule has 0 saturated carbocycles.